The largest absolute Gasteiger partial charge is 0.553 e. The van der Waals surface area contributed by atoms with Crippen LogP contribution in [0.25, 0.3) is 0 Å². The van der Waals surface area contributed by atoms with E-state index in [2.05, 4.69) is 4.98 Å². The van der Waals surface area contributed by atoms with E-state index in [9.17, 15) is 4.79 Å². The van der Waals surface area contributed by atoms with Crippen molar-refractivity contribution in [1.29, 1.82) is 0 Å². The van der Waals surface area contributed by atoms with Crippen molar-refractivity contribution in [2.75, 3.05) is 0 Å². The number of hydrogen-bond acceptors (Lipinski definition) is 2. The van der Waals surface area contributed by atoms with E-state index in [1.54, 1.807) is 12.3 Å². The van der Waals surface area contributed by atoms with E-state index in [-0.39, 0.29) is 0 Å². The van der Waals surface area contributed by atoms with Crippen LogP contribution in [-0.2, 0) is 0 Å². The lowest BCUT2D eigenvalue weighted by Crippen LogP contribution is -1.83. The summed E-state index contributed by atoms with van der Waals surface area (Å²) in [7, 11) is -0.738. The Morgan fingerprint density at radius 2 is 2.56 bits per heavy atom. The molecule has 48 valence electrons. The van der Waals surface area contributed by atoms with E-state index in [0.29, 0.717) is 5.01 Å². The topological polar surface area (TPSA) is 50.2 Å². The molecule has 1 aromatic rings. The van der Waals surface area contributed by atoms with Crippen molar-refractivity contribution in [3.05, 3.63) is 16.6 Å². The third kappa shape index (κ3) is 1.08. The first-order chi connectivity index (χ1) is 4.22. The molecule has 0 aromatic carbocycles. The minimum atomic E-state index is -0.801. The molecule has 1 atom stereocenters. The van der Waals surface area contributed by atoms with Crippen molar-refractivity contribution in [1.82, 2.24) is 4.98 Å². The SMILES string of the molecule is Cc1ncc[s+]1C(=O)O. The van der Waals surface area contributed by atoms with Crippen molar-refractivity contribution < 1.29 is 9.90 Å². The highest BCUT2D eigenvalue weighted by atomic mass is 32.2. The molecule has 1 aromatic heterocycles. The second-order valence-corrected chi connectivity index (χ2v) is 3.42. The fourth-order valence-electron chi connectivity index (χ4n) is 0.536. The second kappa shape index (κ2) is 2.14. The van der Waals surface area contributed by atoms with Gasteiger partial charge >= 0.3 is 5.30 Å². The number of aromatic nitrogens is 1. The van der Waals surface area contributed by atoms with E-state index in [1.165, 1.54) is 6.20 Å². The quantitative estimate of drug-likeness (QED) is 0.610. The van der Waals surface area contributed by atoms with Gasteiger partial charge in [0.15, 0.2) is 5.38 Å². The van der Waals surface area contributed by atoms with Crippen molar-refractivity contribution >= 4 is 15.8 Å². The Morgan fingerprint density at radius 3 is 2.78 bits per heavy atom. The number of carboxylic acid groups (broad SMARTS) is 1. The summed E-state index contributed by atoms with van der Waals surface area (Å²) in [5.74, 6) is 0. The number of nitrogens with zero attached hydrogens (tertiary/aromatic N) is 1. The lowest BCUT2D eigenvalue weighted by Gasteiger charge is -1.74. The summed E-state index contributed by atoms with van der Waals surface area (Å²) in [4.78, 5) is 14.1. The normalized spacial score (nSPS) is 11.4. The van der Waals surface area contributed by atoms with E-state index < -0.39 is 15.8 Å². The first-order valence-electron chi connectivity index (χ1n) is 2.39. The van der Waals surface area contributed by atoms with Gasteiger partial charge in [0.05, 0.1) is 6.20 Å². The molecule has 1 unspecified atom stereocenters. The van der Waals surface area contributed by atoms with Crippen LogP contribution in [0.1, 0.15) is 5.01 Å². The lowest BCUT2D eigenvalue weighted by molar-refractivity contribution is 0.221. The summed E-state index contributed by atoms with van der Waals surface area (Å²) in [6.07, 6.45) is 1.53. The molecule has 1 N–H and O–H groups in total. The zero-order valence-corrected chi connectivity index (χ0v) is 5.68. The molecule has 0 radical (unpaired) electrons. The Balaban J connectivity index is 3.08. The maximum Gasteiger partial charge on any atom is 0.553 e. The van der Waals surface area contributed by atoms with Gasteiger partial charge in [-0.15, -0.1) is 0 Å². The molecule has 1 heterocycles. The van der Waals surface area contributed by atoms with Gasteiger partial charge in [-0.25, -0.2) is 4.98 Å². The van der Waals surface area contributed by atoms with Crippen molar-refractivity contribution in [2.45, 2.75) is 6.92 Å². The summed E-state index contributed by atoms with van der Waals surface area (Å²) >= 11 is 0. The molecule has 3 nitrogen and oxygen atoms in total. The van der Waals surface area contributed by atoms with Gasteiger partial charge in [-0.3, -0.25) is 0 Å². The third-order valence-electron chi connectivity index (χ3n) is 0.960. The van der Waals surface area contributed by atoms with E-state index in [4.69, 9.17) is 5.11 Å². The molecule has 0 saturated carbocycles. The summed E-state index contributed by atoms with van der Waals surface area (Å²) in [5, 5.41) is 9.94. The van der Waals surface area contributed by atoms with Crippen LogP contribution in [0.3, 0.4) is 0 Å². The van der Waals surface area contributed by atoms with Gasteiger partial charge in [-0.2, -0.15) is 4.79 Å². The predicted molar refractivity (Wildman–Crippen MR) is 34.9 cm³/mol. The number of carbonyl (C=O) groups is 1. The molecule has 0 saturated heterocycles. The minimum Gasteiger partial charge on any atom is -0.437 e. The van der Waals surface area contributed by atoms with Crippen LogP contribution in [0.4, 0.5) is 4.79 Å². The fourth-order valence-corrected chi connectivity index (χ4v) is 1.46. The first kappa shape index (κ1) is 6.22. The Kier molecular flexibility index (Phi) is 1.48. The van der Waals surface area contributed by atoms with Gasteiger partial charge in [0.1, 0.15) is 10.5 Å². The molecule has 0 aliphatic carbocycles. The Labute approximate surface area is 54.9 Å². The smallest absolute Gasteiger partial charge is 0.437 e. The third-order valence-corrected chi connectivity index (χ3v) is 2.47. The Bertz CT molecular complexity index is 231. The van der Waals surface area contributed by atoms with E-state index in [1.807, 2.05) is 0 Å². The zero-order valence-electron chi connectivity index (χ0n) is 4.87. The van der Waals surface area contributed by atoms with Crippen LogP contribution in [0, 0.1) is 6.92 Å². The van der Waals surface area contributed by atoms with Gasteiger partial charge < -0.3 is 5.11 Å². The second-order valence-electron chi connectivity index (χ2n) is 1.54. The fraction of sp³-hybridized carbons (Fsp3) is 0.200. The van der Waals surface area contributed by atoms with Crippen LogP contribution >= 0.6 is 10.5 Å². The highest BCUT2D eigenvalue weighted by Gasteiger charge is 2.18. The van der Waals surface area contributed by atoms with E-state index in [0.717, 1.165) is 0 Å². The molecule has 0 fully saturated rings. The molecule has 0 bridgehead atoms. The monoisotopic (exact) mass is 144 g/mol. The van der Waals surface area contributed by atoms with Gasteiger partial charge in [-0.05, 0) is 0 Å². The first-order valence-corrected chi connectivity index (χ1v) is 3.67. The molecular weight excluding hydrogens is 138 g/mol. The van der Waals surface area contributed by atoms with E-state index >= 15 is 0 Å². The van der Waals surface area contributed by atoms with Crippen LogP contribution in [0.2, 0.25) is 0 Å². The number of rotatable bonds is 1. The number of aryl methyl sites for hydroxylation is 1. The molecule has 0 aliphatic heterocycles. The zero-order chi connectivity index (χ0) is 6.85. The Hall–Kier alpha value is -0.900. The summed E-state index contributed by atoms with van der Waals surface area (Å²) in [5.41, 5.74) is 0. The number of thiazole rings is 1. The standard InChI is InChI=1S/C5H5NO2S/c1-4-6-2-3-9(4)5(7)8/h2-3H,1H3/p+1. The predicted octanol–water partition coefficient (Wildman–Crippen LogP) is 1.67. The maximum absolute atomic E-state index is 10.3. The molecule has 0 spiro atoms. The highest BCUT2D eigenvalue weighted by molar-refractivity contribution is 7.49. The van der Waals surface area contributed by atoms with Crippen molar-refractivity contribution in [3.63, 3.8) is 0 Å². The molecule has 1 rings (SSSR count). The van der Waals surface area contributed by atoms with Gasteiger partial charge in [-0.1, -0.05) is 0 Å². The van der Waals surface area contributed by atoms with Gasteiger partial charge in [0, 0.05) is 6.92 Å². The van der Waals surface area contributed by atoms with Crippen molar-refractivity contribution in [3.8, 4) is 0 Å². The average molecular weight is 144 g/mol. The van der Waals surface area contributed by atoms with Gasteiger partial charge in [0.25, 0.3) is 5.01 Å². The van der Waals surface area contributed by atoms with Crippen LogP contribution < -0.4 is 0 Å². The maximum atomic E-state index is 10.3. The highest BCUT2D eigenvalue weighted by Crippen LogP contribution is 2.20. The van der Waals surface area contributed by atoms with Gasteiger partial charge in [0.2, 0.25) is 0 Å². The Morgan fingerprint density at radius 1 is 1.89 bits per heavy atom. The number of hydrogen-bond donors (Lipinski definition) is 1. The molecule has 9 heavy (non-hydrogen) atoms. The van der Waals surface area contributed by atoms with Crippen molar-refractivity contribution in [2.24, 2.45) is 0 Å². The van der Waals surface area contributed by atoms with Crippen LogP contribution in [0.15, 0.2) is 11.6 Å². The van der Waals surface area contributed by atoms with Crippen LogP contribution in [0.5, 0.6) is 0 Å². The molecule has 4 heteroatoms. The van der Waals surface area contributed by atoms with Crippen LogP contribution in [-0.4, -0.2) is 15.4 Å². The average Bonchev–Trinajstić information content (AvgIpc) is 2.13. The molecular formula is C5H6NO2S+. The summed E-state index contributed by atoms with van der Waals surface area (Å²) < 4.78 is 0. The minimum absolute atomic E-state index is 0.683. The molecule has 0 aliphatic rings. The lowest BCUT2D eigenvalue weighted by atomic mass is 10.8. The molecule has 0 amide bonds. The summed E-state index contributed by atoms with van der Waals surface area (Å²) in [6, 6.07) is 0. The summed E-state index contributed by atoms with van der Waals surface area (Å²) in [6.45, 7) is 1.72.